The topological polar surface area (TPSA) is 59.0 Å². The standard InChI is InChI=1S/C33H38ClNO4/c1-21(2)39-30-20-28-23(18-29(30)38-4)19-31(36)35(32(28)22-10-14-26(34)15-11-22)27-16-12-25(13-17-27)33(3,37)24-8-6-5-7-9-24/h10-18,20-21,24,32,37H,5-9,19H2,1-4H3/t32?,33-/m0/s1. The molecule has 2 atom stereocenters. The molecule has 1 fully saturated rings. The molecule has 39 heavy (non-hydrogen) atoms. The van der Waals surface area contributed by atoms with Gasteiger partial charge in [-0.25, -0.2) is 0 Å². The van der Waals surface area contributed by atoms with E-state index < -0.39 is 5.60 Å². The number of hydrogen-bond donors (Lipinski definition) is 1. The second-order valence-electron chi connectivity index (χ2n) is 11.3. The highest BCUT2D eigenvalue weighted by atomic mass is 35.5. The van der Waals surface area contributed by atoms with Gasteiger partial charge in [-0.2, -0.15) is 0 Å². The van der Waals surface area contributed by atoms with E-state index in [2.05, 4.69) is 0 Å². The molecule has 5 rings (SSSR count). The van der Waals surface area contributed by atoms with Crippen LogP contribution in [0.5, 0.6) is 11.5 Å². The Labute approximate surface area is 236 Å². The summed E-state index contributed by atoms with van der Waals surface area (Å²) in [5, 5.41) is 12.1. The number of fused-ring (bicyclic) bond motifs is 1. The largest absolute Gasteiger partial charge is 0.493 e. The van der Waals surface area contributed by atoms with Crippen LogP contribution in [-0.2, 0) is 16.8 Å². The van der Waals surface area contributed by atoms with Gasteiger partial charge < -0.3 is 19.5 Å². The summed E-state index contributed by atoms with van der Waals surface area (Å²) in [4.78, 5) is 15.6. The number of halogens is 1. The molecule has 1 heterocycles. The lowest BCUT2D eigenvalue weighted by molar-refractivity contribution is -0.118. The van der Waals surface area contributed by atoms with Crippen LogP contribution in [0, 0.1) is 5.92 Å². The number of methoxy groups -OCH3 is 1. The molecule has 206 valence electrons. The number of carbonyl (C=O) groups is 1. The van der Waals surface area contributed by atoms with Crippen LogP contribution in [0.4, 0.5) is 5.69 Å². The predicted molar refractivity (Wildman–Crippen MR) is 156 cm³/mol. The number of aliphatic hydroxyl groups is 1. The van der Waals surface area contributed by atoms with E-state index in [9.17, 15) is 9.90 Å². The zero-order valence-electron chi connectivity index (χ0n) is 23.2. The Kier molecular flexibility index (Phi) is 7.93. The summed E-state index contributed by atoms with van der Waals surface area (Å²) >= 11 is 6.24. The molecule has 5 nitrogen and oxygen atoms in total. The molecule has 0 spiro atoms. The number of benzene rings is 3. The highest BCUT2D eigenvalue weighted by molar-refractivity contribution is 6.30. The normalized spacial score (nSPS) is 19.5. The molecule has 1 aliphatic heterocycles. The molecule has 3 aromatic carbocycles. The summed E-state index contributed by atoms with van der Waals surface area (Å²) in [7, 11) is 1.62. The maximum Gasteiger partial charge on any atom is 0.232 e. The lowest BCUT2D eigenvalue weighted by Gasteiger charge is -2.39. The number of carbonyl (C=O) groups excluding carboxylic acids is 1. The smallest absolute Gasteiger partial charge is 0.232 e. The molecule has 6 heteroatoms. The van der Waals surface area contributed by atoms with Gasteiger partial charge in [0.05, 0.1) is 31.3 Å². The molecule has 1 saturated carbocycles. The van der Waals surface area contributed by atoms with E-state index in [1.165, 1.54) is 6.42 Å². The first-order chi connectivity index (χ1) is 18.7. The third-order valence-electron chi connectivity index (χ3n) is 8.27. The van der Waals surface area contributed by atoms with Gasteiger partial charge >= 0.3 is 0 Å². The van der Waals surface area contributed by atoms with Crippen LogP contribution in [0.3, 0.4) is 0 Å². The molecule has 0 radical (unpaired) electrons. The SMILES string of the molecule is COc1cc2c(cc1OC(C)C)C(c1ccc(Cl)cc1)N(c1ccc([C@@](C)(O)C3CCCCC3)cc1)C(=O)C2. The molecule has 1 unspecified atom stereocenters. The molecule has 0 aromatic heterocycles. The van der Waals surface area contributed by atoms with Crippen LogP contribution in [-0.4, -0.2) is 24.2 Å². The zero-order chi connectivity index (χ0) is 27.7. The molecule has 1 amide bonds. The van der Waals surface area contributed by atoms with E-state index in [0.29, 0.717) is 16.5 Å². The van der Waals surface area contributed by atoms with Crippen molar-refractivity contribution in [1.29, 1.82) is 0 Å². The Bertz CT molecular complexity index is 1310. The van der Waals surface area contributed by atoms with Gasteiger partial charge in [0.15, 0.2) is 11.5 Å². The van der Waals surface area contributed by atoms with Gasteiger partial charge in [0.25, 0.3) is 0 Å². The summed E-state index contributed by atoms with van der Waals surface area (Å²) in [6.07, 6.45) is 5.87. The van der Waals surface area contributed by atoms with E-state index in [4.69, 9.17) is 21.1 Å². The summed E-state index contributed by atoms with van der Waals surface area (Å²) in [5.41, 5.74) is 3.65. The first kappa shape index (κ1) is 27.5. The van der Waals surface area contributed by atoms with Crippen molar-refractivity contribution >= 4 is 23.2 Å². The van der Waals surface area contributed by atoms with Crippen LogP contribution in [0.1, 0.15) is 81.2 Å². The summed E-state index contributed by atoms with van der Waals surface area (Å²) in [6.45, 7) is 5.89. The lowest BCUT2D eigenvalue weighted by Crippen LogP contribution is -2.41. The Balaban J connectivity index is 1.58. The maximum absolute atomic E-state index is 13.8. The van der Waals surface area contributed by atoms with Gasteiger partial charge in [-0.05, 0) is 98.2 Å². The molecule has 0 bridgehead atoms. The molecular weight excluding hydrogens is 510 g/mol. The Morgan fingerprint density at radius 3 is 2.26 bits per heavy atom. The fourth-order valence-corrected chi connectivity index (χ4v) is 6.31. The van der Waals surface area contributed by atoms with Crippen molar-refractivity contribution in [2.24, 2.45) is 5.92 Å². The van der Waals surface area contributed by atoms with Gasteiger partial charge in [0.2, 0.25) is 5.91 Å². The highest BCUT2D eigenvalue weighted by Crippen LogP contribution is 2.45. The molecule has 1 N–H and O–H groups in total. The number of rotatable bonds is 7. The number of nitrogens with zero attached hydrogens (tertiary/aromatic N) is 1. The minimum atomic E-state index is -0.896. The number of ether oxygens (including phenoxy) is 2. The average Bonchev–Trinajstić information content (AvgIpc) is 2.93. The average molecular weight is 548 g/mol. The van der Waals surface area contributed by atoms with Crippen molar-refractivity contribution in [1.82, 2.24) is 0 Å². The van der Waals surface area contributed by atoms with Crippen molar-refractivity contribution in [2.75, 3.05) is 12.0 Å². The lowest BCUT2D eigenvalue weighted by atomic mass is 9.74. The highest BCUT2D eigenvalue weighted by Gasteiger charge is 2.38. The third-order valence-corrected chi connectivity index (χ3v) is 8.52. The van der Waals surface area contributed by atoms with Gasteiger partial charge in [0, 0.05) is 10.7 Å². The summed E-state index contributed by atoms with van der Waals surface area (Å²) < 4.78 is 11.7. The van der Waals surface area contributed by atoms with Crippen molar-refractivity contribution < 1.29 is 19.4 Å². The summed E-state index contributed by atoms with van der Waals surface area (Å²) in [6, 6.07) is 19.1. The van der Waals surface area contributed by atoms with Gasteiger partial charge in [-0.1, -0.05) is 55.1 Å². The van der Waals surface area contributed by atoms with E-state index in [-0.39, 0.29) is 30.4 Å². The zero-order valence-corrected chi connectivity index (χ0v) is 24.0. The van der Waals surface area contributed by atoms with Gasteiger partial charge in [-0.15, -0.1) is 0 Å². The number of amides is 1. The monoisotopic (exact) mass is 547 g/mol. The minimum absolute atomic E-state index is 0.00572. The van der Waals surface area contributed by atoms with Crippen LogP contribution in [0.25, 0.3) is 0 Å². The predicted octanol–water partition coefficient (Wildman–Crippen LogP) is 7.60. The van der Waals surface area contributed by atoms with Crippen LogP contribution in [0.15, 0.2) is 60.7 Å². The summed E-state index contributed by atoms with van der Waals surface area (Å²) in [5.74, 6) is 1.51. The van der Waals surface area contributed by atoms with Gasteiger partial charge in [0.1, 0.15) is 0 Å². The molecule has 0 saturated heterocycles. The van der Waals surface area contributed by atoms with Crippen LogP contribution < -0.4 is 14.4 Å². The number of hydrogen-bond acceptors (Lipinski definition) is 4. The first-order valence-corrected chi connectivity index (χ1v) is 14.3. The second-order valence-corrected chi connectivity index (χ2v) is 11.7. The minimum Gasteiger partial charge on any atom is -0.493 e. The molecule has 1 aliphatic carbocycles. The van der Waals surface area contributed by atoms with E-state index >= 15 is 0 Å². The van der Waals surface area contributed by atoms with E-state index in [1.807, 2.05) is 86.3 Å². The molecular formula is C33H38ClNO4. The van der Waals surface area contributed by atoms with Crippen molar-refractivity contribution in [2.45, 2.75) is 77.0 Å². The van der Waals surface area contributed by atoms with Crippen LogP contribution in [0.2, 0.25) is 5.02 Å². The van der Waals surface area contributed by atoms with Crippen molar-refractivity contribution in [3.05, 3.63) is 87.9 Å². The fourth-order valence-electron chi connectivity index (χ4n) is 6.19. The van der Waals surface area contributed by atoms with E-state index in [0.717, 1.165) is 53.6 Å². The second kappa shape index (κ2) is 11.2. The van der Waals surface area contributed by atoms with Gasteiger partial charge in [-0.3, -0.25) is 4.79 Å². The molecule has 3 aromatic rings. The molecule has 2 aliphatic rings. The van der Waals surface area contributed by atoms with Crippen molar-refractivity contribution in [3.63, 3.8) is 0 Å². The number of anilines is 1. The Hall–Kier alpha value is -3.02. The van der Waals surface area contributed by atoms with Crippen molar-refractivity contribution in [3.8, 4) is 11.5 Å². The third kappa shape index (κ3) is 5.53. The maximum atomic E-state index is 13.8. The first-order valence-electron chi connectivity index (χ1n) is 14.0. The van der Waals surface area contributed by atoms with Crippen LogP contribution >= 0.6 is 11.6 Å². The quantitative estimate of drug-likeness (QED) is 0.331. The Morgan fingerprint density at radius 2 is 1.64 bits per heavy atom. The fraction of sp³-hybridized carbons (Fsp3) is 0.424. The Morgan fingerprint density at radius 1 is 0.974 bits per heavy atom. The van der Waals surface area contributed by atoms with E-state index in [1.54, 1.807) is 7.11 Å².